The second-order valence-corrected chi connectivity index (χ2v) is 6.89. The van der Waals surface area contributed by atoms with Crippen LogP contribution in [0.1, 0.15) is 22.7 Å². The highest BCUT2D eigenvalue weighted by Gasteiger charge is 2.12. The van der Waals surface area contributed by atoms with Gasteiger partial charge < -0.3 is 13.9 Å². The van der Waals surface area contributed by atoms with Crippen molar-refractivity contribution in [3.63, 3.8) is 0 Å². The average molecular weight is 411 g/mol. The van der Waals surface area contributed by atoms with Gasteiger partial charge in [0.05, 0.1) is 18.2 Å². The van der Waals surface area contributed by atoms with E-state index in [1.165, 1.54) is 0 Å². The number of aryl methyl sites for hydroxylation is 1. The first-order valence-corrected chi connectivity index (χ1v) is 9.90. The largest absolute Gasteiger partial charge is 0.487 e. The number of hydrogen-bond acceptors (Lipinski definition) is 6. The zero-order valence-electron chi connectivity index (χ0n) is 17.1. The molecule has 0 aliphatic heterocycles. The van der Waals surface area contributed by atoms with E-state index in [1.54, 1.807) is 12.3 Å². The molecule has 0 saturated carbocycles. The summed E-state index contributed by atoms with van der Waals surface area (Å²) in [5, 5.41) is 8.90. The van der Waals surface area contributed by atoms with Crippen LogP contribution < -0.4 is 9.47 Å². The maximum absolute atomic E-state index is 8.90. The van der Waals surface area contributed by atoms with Crippen LogP contribution in [-0.4, -0.2) is 9.97 Å². The molecule has 0 unspecified atom stereocenters. The van der Waals surface area contributed by atoms with Crippen molar-refractivity contribution in [3.05, 3.63) is 95.6 Å². The van der Waals surface area contributed by atoms with Gasteiger partial charge in [-0.2, -0.15) is 5.26 Å². The first kappa shape index (κ1) is 20.2. The highest BCUT2D eigenvalue weighted by atomic mass is 16.5. The molecule has 154 valence electrons. The zero-order valence-corrected chi connectivity index (χ0v) is 17.1. The number of hydrogen-bond donors (Lipinski definition) is 0. The first-order chi connectivity index (χ1) is 15.2. The molecule has 0 radical (unpaired) electrons. The lowest BCUT2D eigenvalue weighted by Crippen LogP contribution is -2.01. The minimum Gasteiger partial charge on any atom is -0.487 e. The molecule has 0 spiro atoms. The summed E-state index contributed by atoms with van der Waals surface area (Å²) in [6, 6.07) is 23.2. The van der Waals surface area contributed by atoms with Crippen molar-refractivity contribution >= 4 is 0 Å². The molecule has 0 aliphatic carbocycles. The topological polar surface area (TPSA) is 81.2 Å². The number of oxazole rings is 1. The molecule has 2 heterocycles. The van der Waals surface area contributed by atoms with Crippen molar-refractivity contribution in [2.24, 2.45) is 0 Å². The van der Waals surface area contributed by atoms with Gasteiger partial charge in [0.25, 0.3) is 0 Å². The molecule has 4 aromatic rings. The summed E-state index contributed by atoms with van der Waals surface area (Å²) >= 11 is 0. The molecular weight excluding hydrogens is 390 g/mol. The Hall–Kier alpha value is -4.11. The monoisotopic (exact) mass is 411 g/mol. The van der Waals surface area contributed by atoms with Crippen LogP contribution in [0.2, 0.25) is 0 Å². The fourth-order valence-corrected chi connectivity index (χ4v) is 3.02. The van der Waals surface area contributed by atoms with Gasteiger partial charge in [-0.15, -0.1) is 0 Å². The van der Waals surface area contributed by atoms with Gasteiger partial charge in [-0.05, 0) is 48.9 Å². The van der Waals surface area contributed by atoms with Crippen LogP contribution in [0.4, 0.5) is 0 Å². The Balaban J connectivity index is 1.34. The van der Waals surface area contributed by atoms with E-state index in [0.717, 1.165) is 28.3 Å². The van der Waals surface area contributed by atoms with Crippen molar-refractivity contribution in [1.29, 1.82) is 5.26 Å². The molecule has 4 rings (SSSR count). The van der Waals surface area contributed by atoms with Crippen LogP contribution in [0.25, 0.3) is 11.5 Å². The molecule has 0 aliphatic rings. The normalized spacial score (nSPS) is 10.5. The number of pyridine rings is 1. The lowest BCUT2D eigenvalue weighted by Gasteiger charge is -2.10. The smallest absolute Gasteiger partial charge is 0.226 e. The van der Waals surface area contributed by atoms with Gasteiger partial charge in [-0.25, -0.2) is 4.98 Å². The Morgan fingerprint density at radius 2 is 1.71 bits per heavy atom. The SMILES string of the molecule is Cc1oc(-c2ccccc2)nc1COc1ccc(COc2cccnc2CC#N)cc1. The fourth-order valence-electron chi connectivity index (χ4n) is 3.02. The fraction of sp³-hybridized carbons (Fsp3) is 0.160. The molecule has 0 fully saturated rings. The zero-order chi connectivity index (χ0) is 21.5. The second kappa shape index (κ2) is 9.59. The van der Waals surface area contributed by atoms with E-state index in [0.29, 0.717) is 30.5 Å². The van der Waals surface area contributed by atoms with Crippen molar-refractivity contribution in [2.75, 3.05) is 0 Å². The van der Waals surface area contributed by atoms with E-state index in [-0.39, 0.29) is 6.42 Å². The molecule has 0 atom stereocenters. The summed E-state index contributed by atoms with van der Waals surface area (Å²) in [7, 11) is 0. The number of rotatable bonds is 8. The summed E-state index contributed by atoms with van der Waals surface area (Å²) in [5.74, 6) is 2.70. The number of nitriles is 1. The molecule has 6 nitrogen and oxygen atoms in total. The van der Waals surface area contributed by atoms with Gasteiger partial charge in [-0.1, -0.05) is 30.3 Å². The molecule has 2 aromatic heterocycles. The highest BCUT2D eigenvalue weighted by molar-refractivity contribution is 5.53. The van der Waals surface area contributed by atoms with E-state index < -0.39 is 0 Å². The van der Waals surface area contributed by atoms with E-state index in [2.05, 4.69) is 16.0 Å². The standard InChI is InChI=1S/C25H21N3O3/c1-18-23(28-25(31-18)20-6-3-2-4-7-20)17-29-21-11-9-19(10-12-21)16-30-24-8-5-15-27-22(24)13-14-26/h2-12,15H,13,16-17H2,1H3. The third-order valence-corrected chi connectivity index (χ3v) is 4.70. The number of ether oxygens (including phenoxy) is 2. The molecule has 0 saturated heterocycles. The number of nitrogens with zero attached hydrogens (tertiary/aromatic N) is 3. The molecule has 6 heteroatoms. The van der Waals surface area contributed by atoms with E-state index >= 15 is 0 Å². The summed E-state index contributed by atoms with van der Waals surface area (Å²) in [4.78, 5) is 8.75. The Labute approximate surface area is 180 Å². The summed E-state index contributed by atoms with van der Waals surface area (Å²) in [5.41, 5.74) is 3.34. The van der Waals surface area contributed by atoms with Crippen LogP contribution >= 0.6 is 0 Å². The third kappa shape index (κ3) is 5.09. The predicted molar refractivity (Wildman–Crippen MR) is 115 cm³/mol. The molecule has 0 amide bonds. The van der Waals surface area contributed by atoms with E-state index in [1.807, 2.05) is 67.6 Å². The van der Waals surface area contributed by atoms with E-state index in [9.17, 15) is 0 Å². The van der Waals surface area contributed by atoms with Crippen LogP contribution in [-0.2, 0) is 19.6 Å². The van der Waals surface area contributed by atoms with Gasteiger partial charge in [-0.3, -0.25) is 4.98 Å². The lowest BCUT2D eigenvalue weighted by molar-refractivity contribution is 0.295. The molecule has 0 N–H and O–H groups in total. The summed E-state index contributed by atoms with van der Waals surface area (Å²) in [6.07, 6.45) is 1.88. The van der Waals surface area contributed by atoms with E-state index in [4.69, 9.17) is 19.2 Å². The molecule has 2 aromatic carbocycles. The summed E-state index contributed by atoms with van der Waals surface area (Å²) < 4.78 is 17.5. The minimum atomic E-state index is 0.219. The second-order valence-electron chi connectivity index (χ2n) is 6.89. The predicted octanol–water partition coefficient (Wildman–Crippen LogP) is 5.27. The average Bonchev–Trinajstić information content (AvgIpc) is 3.19. The van der Waals surface area contributed by atoms with Gasteiger partial charge in [0.2, 0.25) is 5.89 Å². The third-order valence-electron chi connectivity index (χ3n) is 4.70. The van der Waals surface area contributed by atoms with Gasteiger partial charge in [0.1, 0.15) is 36.2 Å². The minimum absolute atomic E-state index is 0.219. The van der Waals surface area contributed by atoms with Crippen molar-refractivity contribution in [1.82, 2.24) is 9.97 Å². The quantitative estimate of drug-likeness (QED) is 0.393. The first-order valence-electron chi connectivity index (χ1n) is 9.90. The van der Waals surface area contributed by atoms with Crippen molar-refractivity contribution < 1.29 is 13.9 Å². The van der Waals surface area contributed by atoms with Gasteiger partial charge in [0, 0.05) is 11.8 Å². The van der Waals surface area contributed by atoms with Crippen molar-refractivity contribution in [3.8, 4) is 29.0 Å². The van der Waals surface area contributed by atoms with Gasteiger partial charge >= 0.3 is 0 Å². The Morgan fingerprint density at radius 3 is 2.48 bits per heavy atom. The lowest BCUT2D eigenvalue weighted by atomic mass is 10.2. The van der Waals surface area contributed by atoms with Crippen LogP contribution in [0.15, 0.2) is 77.3 Å². The molecular formula is C25H21N3O3. The van der Waals surface area contributed by atoms with Crippen LogP contribution in [0.5, 0.6) is 11.5 Å². The Morgan fingerprint density at radius 1 is 0.903 bits per heavy atom. The molecule has 31 heavy (non-hydrogen) atoms. The van der Waals surface area contributed by atoms with Gasteiger partial charge in [0.15, 0.2) is 0 Å². The van der Waals surface area contributed by atoms with Crippen LogP contribution in [0.3, 0.4) is 0 Å². The molecule has 0 bridgehead atoms. The number of benzene rings is 2. The number of aromatic nitrogens is 2. The van der Waals surface area contributed by atoms with Crippen molar-refractivity contribution in [2.45, 2.75) is 26.6 Å². The van der Waals surface area contributed by atoms with Crippen LogP contribution in [0, 0.1) is 18.3 Å². The Bertz CT molecular complexity index is 1180. The maximum Gasteiger partial charge on any atom is 0.226 e. The Kier molecular flexibility index (Phi) is 6.24. The maximum atomic E-state index is 8.90. The highest BCUT2D eigenvalue weighted by Crippen LogP contribution is 2.23. The summed E-state index contributed by atoms with van der Waals surface area (Å²) in [6.45, 7) is 2.59.